The van der Waals surface area contributed by atoms with Crippen LogP contribution in [0.4, 0.5) is 4.79 Å². The summed E-state index contributed by atoms with van der Waals surface area (Å²) in [4.78, 5) is 63.4. The van der Waals surface area contributed by atoms with Gasteiger partial charge in [0.1, 0.15) is 17.7 Å². The van der Waals surface area contributed by atoms with Crippen molar-refractivity contribution in [3.05, 3.63) is 34.9 Å². The number of esters is 1. The van der Waals surface area contributed by atoms with Gasteiger partial charge < -0.3 is 30.7 Å². The first kappa shape index (κ1) is 30.4. The Bertz CT molecular complexity index is 972. The van der Waals surface area contributed by atoms with Gasteiger partial charge in [-0.25, -0.2) is 4.79 Å². The van der Waals surface area contributed by atoms with Crippen molar-refractivity contribution in [1.82, 2.24) is 15.5 Å². The van der Waals surface area contributed by atoms with Gasteiger partial charge in [-0.15, -0.1) is 0 Å². The Kier molecular flexibility index (Phi) is 11.4. The second-order valence-electron chi connectivity index (χ2n) is 9.41. The largest absolute Gasteiger partial charge is 0.466 e. The monoisotopic (exact) mass is 506 g/mol. The summed E-state index contributed by atoms with van der Waals surface area (Å²) in [7, 11) is 1.39. The van der Waals surface area contributed by atoms with Crippen LogP contribution < -0.4 is 16.4 Å². The lowest BCUT2D eigenvalue weighted by Gasteiger charge is -2.31. The maximum atomic E-state index is 13.4. The Labute approximate surface area is 212 Å². The Morgan fingerprint density at radius 3 is 2.25 bits per heavy atom. The molecule has 0 aliphatic carbocycles. The van der Waals surface area contributed by atoms with Crippen molar-refractivity contribution in [2.45, 2.75) is 72.1 Å². The summed E-state index contributed by atoms with van der Waals surface area (Å²) in [6.45, 7) is 10.6. The summed E-state index contributed by atoms with van der Waals surface area (Å²) in [6.07, 6.45) is -1.44. The Balaban J connectivity index is 3.24. The maximum Gasteiger partial charge on any atom is 0.408 e. The van der Waals surface area contributed by atoms with Crippen molar-refractivity contribution < 1.29 is 33.4 Å². The summed E-state index contributed by atoms with van der Waals surface area (Å²) in [6, 6.07) is 2.84. The van der Waals surface area contributed by atoms with Crippen LogP contribution in [0, 0.1) is 13.8 Å². The highest BCUT2D eigenvalue weighted by Crippen LogP contribution is 2.24. The zero-order valence-electron chi connectivity index (χ0n) is 22.1. The SMILES string of the molecule is CCOC(=O)CCNC(=O)C(c1ccc(C)c(C)c1)N(C)C(=O)C(CC(N)=O)NC(=O)OC(C)(C)C. The predicted molar refractivity (Wildman–Crippen MR) is 133 cm³/mol. The number of alkyl carbamates (subject to hydrolysis) is 1. The number of likely N-dealkylation sites (N-methyl/N-ethyl adjacent to an activating group) is 1. The molecule has 0 spiro atoms. The number of carbonyl (C=O) groups excluding carboxylic acids is 5. The number of benzene rings is 1. The third-order valence-electron chi connectivity index (χ3n) is 5.16. The first-order chi connectivity index (χ1) is 16.7. The molecule has 0 saturated heterocycles. The number of aryl methyl sites for hydroxylation is 2. The van der Waals surface area contributed by atoms with Gasteiger partial charge in [-0.05, 0) is 58.2 Å². The molecule has 0 aliphatic rings. The molecule has 2 unspecified atom stereocenters. The molecule has 0 heterocycles. The molecule has 11 nitrogen and oxygen atoms in total. The highest BCUT2D eigenvalue weighted by atomic mass is 16.6. The fraction of sp³-hybridized carbons (Fsp3) is 0.560. The molecule has 0 radical (unpaired) electrons. The van der Waals surface area contributed by atoms with E-state index >= 15 is 0 Å². The van der Waals surface area contributed by atoms with Crippen LogP contribution in [0.2, 0.25) is 0 Å². The van der Waals surface area contributed by atoms with Gasteiger partial charge in [0, 0.05) is 13.6 Å². The Morgan fingerprint density at radius 1 is 1.08 bits per heavy atom. The normalized spacial score (nSPS) is 12.6. The average Bonchev–Trinajstić information content (AvgIpc) is 2.73. The first-order valence-electron chi connectivity index (χ1n) is 11.7. The molecule has 2 atom stereocenters. The number of hydrogen-bond acceptors (Lipinski definition) is 7. The van der Waals surface area contributed by atoms with Crippen molar-refractivity contribution in [3.63, 3.8) is 0 Å². The maximum absolute atomic E-state index is 13.4. The first-order valence-corrected chi connectivity index (χ1v) is 11.7. The van der Waals surface area contributed by atoms with E-state index in [1.54, 1.807) is 39.8 Å². The number of primary amides is 1. The lowest BCUT2D eigenvalue weighted by molar-refractivity contribution is -0.143. The van der Waals surface area contributed by atoms with Gasteiger partial charge in [-0.3, -0.25) is 19.2 Å². The third-order valence-corrected chi connectivity index (χ3v) is 5.16. The average molecular weight is 507 g/mol. The summed E-state index contributed by atoms with van der Waals surface area (Å²) in [5.74, 6) is -2.55. The number of nitrogens with two attached hydrogens (primary N) is 1. The molecule has 1 aromatic carbocycles. The molecule has 0 fully saturated rings. The third kappa shape index (κ3) is 9.93. The van der Waals surface area contributed by atoms with Crippen LogP contribution in [0.3, 0.4) is 0 Å². The van der Waals surface area contributed by atoms with Gasteiger partial charge in [0.05, 0.1) is 19.4 Å². The number of hydrogen-bond donors (Lipinski definition) is 3. The van der Waals surface area contributed by atoms with Crippen LogP contribution in [0.1, 0.15) is 63.3 Å². The van der Waals surface area contributed by atoms with E-state index in [4.69, 9.17) is 15.2 Å². The Hall–Kier alpha value is -3.63. The minimum atomic E-state index is -1.36. The highest BCUT2D eigenvalue weighted by Gasteiger charge is 2.35. The lowest BCUT2D eigenvalue weighted by atomic mass is 9.98. The predicted octanol–water partition coefficient (Wildman–Crippen LogP) is 1.64. The Morgan fingerprint density at radius 2 is 1.72 bits per heavy atom. The molecule has 1 rings (SSSR count). The molecule has 0 aliphatic heterocycles. The van der Waals surface area contributed by atoms with Crippen molar-refractivity contribution in [1.29, 1.82) is 0 Å². The summed E-state index contributed by atoms with van der Waals surface area (Å²) >= 11 is 0. The molecule has 1 aromatic rings. The van der Waals surface area contributed by atoms with E-state index in [9.17, 15) is 24.0 Å². The van der Waals surface area contributed by atoms with E-state index < -0.39 is 53.9 Å². The zero-order valence-corrected chi connectivity index (χ0v) is 22.1. The minimum Gasteiger partial charge on any atom is -0.466 e. The summed E-state index contributed by atoms with van der Waals surface area (Å²) in [5.41, 5.74) is 6.88. The van der Waals surface area contributed by atoms with E-state index in [-0.39, 0.29) is 19.6 Å². The van der Waals surface area contributed by atoms with E-state index in [1.165, 1.54) is 7.05 Å². The van der Waals surface area contributed by atoms with Crippen molar-refractivity contribution >= 4 is 29.8 Å². The van der Waals surface area contributed by atoms with Gasteiger partial charge in [0.15, 0.2) is 0 Å². The quantitative estimate of drug-likeness (QED) is 0.385. The zero-order chi connectivity index (χ0) is 27.6. The second-order valence-corrected chi connectivity index (χ2v) is 9.41. The number of ether oxygens (including phenoxy) is 2. The van der Waals surface area contributed by atoms with Gasteiger partial charge >= 0.3 is 12.1 Å². The molecular weight excluding hydrogens is 468 g/mol. The van der Waals surface area contributed by atoms with Crippen molar-refractivity contribution in [2.24, 2.45) is 5.73 Å². The summed E-state index contributed by atoms with van der Waals surface area (Å²) < 4.78 is 10.1. The van der Waals surface area contributed by atoms with Gasteiger partial charge in [0.2, 0.25) is 17.7 Å². The van der Waals surface area contributed by atoms with E-state index in [1.807, 2.05) is 19.9 Å². The van der Waals surface area contributed by atoms with Crippen LogP contribution in [-0.2, 0) is 28.7 Å². The molecule has 4 N–H and O–H groups in total. The van der Waals surface area contributed by atoms with E-state index in [0.717, 1.165) is 16.0 Å². The minimum absolute atomic E-state index is 0.00190. The highest BCUT2D eigenvalue weighted by molar-refractivity contribution is 5.94. The van der Waals surface area contributed by atoms with Crippen LogP contribution in [0.5, 0.6) is 0 Å². The van der Waals surface area contributed by atoms with Gasteiger partial charge in [-0.2, -0.15) is 0 Å². The molecule has 36 heavy (non-hydrogen) atoms. The van der Waals surface area contributed by atoms with E-state index in [0.29, 0.717) is 5.56 Å². The summed E-state index contributed by atoms with van der Waals surface area (Å²) in [5, 5.41) is 5.03. The smallest absolute Gasteiger partial charge is 0.408 e. The number of amides is 4. The fourth-order valence-electron chi connectivity index (χ4n) is 3.33. The molecule has 0 bridgehead atoms. The standard InChI is InChI=1S/C25H38N4O7/c1-8-35-20(31)11-12-27-22(32)21(17-10-9-15(2)16(3)13-17)29(7)23(33)18(14-19(26)30)28-24(34)36-25(4,5)6/h9-10,13,18,21H,8,11-12,14H2,1-7H3,(H2,26,30)(H,27,32)(H,28,34). The lowest BCUT2D eigenvalue weighted by Crippen LogP contribution is -2.52. The molecule has 11 heteroatoms. The molecule has 4 amide bonds. The van der Waals surface area contributed by atoms with Gasteiger partial charge in [-0.1, -0.05) is 18.2 Å². The van der Waals surface area contributed by atoms with E-state index in [2.05, 4.69) is 10.6 Å². The molecular formula is C25H38N4O7. The van der Waals surface area contributed by atoms with Crippen molar-refractivity contribution in [3.8, 4) is 0 Å². The van der Waals surface area contributed by atoms with Crippen LogP contribution in [0.25, 0.3) is 0 Å². The number of rotatable bonds is 11. The van der Waals surface area contributed by atoms with Crippen molar-refractivity contribution in [2.75, 3.05) is 20.2 Å². The van der Waals surface area contributed by atoms with Crippen LogP contribution in [0.15, 0.2) is 18.2 Å². The van der Waals surface area contributed by atoms with Gasteiger partial charge in [0.25, 0.3) is 0 Å². The second kappa shape index (κ2) is 13.5. The molecule has 0 aromatic heterocycles. The van der Waals surface area contributed by atoms with Crippen LogP contribution in [-0.4, -0.2) is 66.5 Å². The fourth-order valence-corrected chi connectivity index (χ4v) is 3.33. The molecule has 200 valence electrons. The van der Waals surface area contributed by atoms with Crippen LogP contribution >= 0.6 is 0 Å². The number of nitrogens with zero attached hydrogens (tertiary/aromatic N) is 1. The number of nitrogens with one attached hydrogen (secondary N) is 2. The molecule has 0 saturated carbocycles. The number of carbonyl (C=O) groups is 5. The topological polar surface area (TPSA) is 157 Å².